The molecule has 0 aliphatic carbocycles. The lowest BCUT2D eigenvalue weighted by Crippen LogP contribution is -2.41. The second-order valence-corrected chi connectivity index (χ2v) is 8.40. The summed E-state index contributed by atoms with van der Waals surface area (Å²) in [5, 5.41) is 11.5. The fraction of sp³-hybridized carbons (Fsp3) is 0.259. The third-order valence-electron chi connectivity index (χ3n) is 5.14. The van der Waals surface area contributed by atoms with E-state index in [9.17, 15) is 9.50 Å². The number of hydrogen-bond donors (Lipinski definition) is 1. The fourth-order valence-electron chi connectivity index (χ4n) is 3.30. The van der Waals surface area contributed by atoms with Crippen LogP contribution in [0, 0.1) is 17.7 Å². The van der Waals surface area contributed by atoms with E-state index >= 15 is 0 Å². The summed E-state index contributed by atoms with van der Waals surface area (Å²) in [7, 11) is 0. The van der Waals surface area contributed by atoms with Crippen molar-refractivity contribution in [3.8, 4) is 11.8 Å². The predicted molar refractivity (Wildman–Crippen MR) is 120 cm³/mol. The SMILES string of the molecule is CC(C)(C)N(CC#C[C@@](O)(c1ccccc1)c1cccc(F)c1)Cc1ccccc1. The van der Waals surface area contributed by atoms with Crippen LogP contribution >= 0.6 is 0 Å². The van der Waals surface area contributed by atoms with E-state index in [1.165, 1.54) is 17.7 Å². The molecular formula is C27H28FNO. The van der Waals surface area contributed by atoms with Crippen LogP contribution in [0.2, 0.25) is 0 Å². The molecule has 0 aliphatic heterocycles. The summed E-state index contributed by atoms with van der Waals surface area (Å²) in [4.78, 5) is 2.26. The van der Waals surface area contributed by atoms with Crippen molar-refractivity contribution in [1.82, 2.24) is 4.90 Å². The minimum absolute atomic E-state index is 0.103. The highest BCUT2D eigenvalue weighted by molar-refractivity contribution is 5.44. The van der Waals surface area contributed by atoms with E-state index in [1.54, 1.807) is 12.1 Å². The van der Waals surface area contributed by atoms with E-state index in [4.69, 9.17) is 0 Å². The molecule has 0 amide bonds. The maximum absolute atomic E-state index is 13.9. The van der Waals surface area contributed by atoms with E-state index in [0.29, 0.717) is 17.7 Å². The van der Waals surface area contributed by atoms with Crippen molar-refractivity contribution in [3.63, 3.8) is 0 Å². The summed E-state index contributed by atoms with van der Waals surface area (Å²) in [6.45, 7) is 7.67. The zero-order valence-corrected chi connectivity index (χ0v) is 17.8. The molecule has 3 rings (SSSR count). The van der Waals surface area contributed by atoms with Gasteiger partial charge in [-0.05, 0) is 38.5 Å². The lowest BCUT2D eigenvalue weighted by atomic mass is 9.87. The molecule has 0 spiro atoms. The Labute approximate surface area is 179 Å². The molecule has 3 aromatic carbocycles. The third kappa shape index (κ3) is 5.36. The smallest absolute Gasteiger partial charge is 0.177 e. The molecule has 3 heteroatoms. The highest BCUT2D eigenvalue weighted by Crippen LogP contribution is 2.29. The van der Waals surface area contributed by atoms with Gasteiger partial charge in [0.05, 0.1) is 6.54 Å². The molecule has 0 aromatic heterocycles. The molecule has 1 N–H and O–H groups in total. The van der Waals surface area contributed by atoms with Crippen molar-refractivity contribution in [2.24, 2.45) is 0 Å². The Hall–Kier alpha value is -2.93. The molecule has 3 aromatic rings. The summed E-state index contributed by atoms with van der Waals surface area (Å²) in [5.41, 5.74) is 0.561. The zero-order valence-electron chi connectivity index (χ0n) is 17.8. The van der Waals surface area contributed by atoms with Gasteiger partial charge in [-0.2, -0.15) is 0 Å². The van der Waals surface area contributed by atoms with Gasteiger partial charge in [-0.25, -0.2) is 4.39 Å². The standard InChI is InChI=1S/C27H28FNO/c1-26(2,3)29(21-22-12-6-4-7-13-22)19-11-18-27(30,23-14-8-5-9-15-23)24-16-10-17-25(28)20-24/h4-10,12-17,20,30H,19,21H2,1-3H3/t27-/m1/s1. The van der Waals surface area contributed by atoms with Crippen molar-refractivity contribution in [3.05, 3.63) is 107 Å². The van der Waals surface area contributed by atoms with Gasteiger partial charge >= 0.3 is 0 Å². The lowest BCUT2D eigenvalue weighted by molar-refractivity contribution is 0.140. The van der Waals surface area contributed by atoms with Crippen molar-refractivity contribution >= 4 is 0 Å². The topological polar surface area (TPSA) is 23.5 Å². The second-order valence-electron chi connectivity index (χ2n) is 8.40. The van der Waals surface area contributed by atoms with Gasteiger partial charge in [0.25, 0.3) is 0 Å². The normalized spacial score (nSPS) is 13.4. The first-order chi connectivity index (χ1) is 14.3. The highest BCUT2D eigenvalue weighted by atomic mass is 19.1. The molecule has 0 bridgehead atoms. The minimum atomic E-state index is -1.58. The lowest BCUT2D eigenvalue weighted by Gasteiger charge is -2.34. The maximum atomic E-state index is 13.9. The maximum Gasteiger partial charge on any atom is 0.177 e. The van der Waals surface area contributed by atoms with Gasteiger partial charge in [-0.15, -0.1) is 0 Å². The monoisotopic (exact) mass is 401 g/mol. The Morgan fingerprint density at radius 1 is 0.833 bits per heavy atom. The number of aliphatic hydroxyl groups is 1. The van der Waals surface area contributed by atoms with Crippen LogP contribution < -0.4 is 0 Å². The van der Waals surface area contributed by atoms with E-state index in [0.717, 1.165) is 6.54 Å². The quantitative estimate of drug-likeness (QED) is 0.582. The number of benzene rings is 3. The van der Waals surface area contributed by atoms with Crippen LogP contribution in [0.4, 0.5) is 4.39 Å². The van der Waals surface area contributed by atoms with Crippen molar-refractivity contribution in [2.75, 3.05) is 6.54 Å². The Morgan fingerprint density at radius 2 is 1.43 bits per heavy atom. The second kappa shape index (κ2) is 9.26. The summed E-state index contributed by atoms with van der Waals surface area (Å²) in [6.07, 6.45) is 0. The van der Waals surface area contributed by atoms with Gasteiger partial charge in [0.1, 0.15) is 5.82 Å². The minimum Gasteiger partial charge on any atom is -0.369 e. The molecule has 30 heavy (non-hydrogen) atoms. The first-order valence-corrected chi connectivity index (χ1v) is 10.1. The Morgan fingerprint density at radius 3 is 2.03 bits per heavy atom. The molecule has 0 saturated carbocycles. The van der Waals surface area contributed by atoms with Gasteiger partial charge in [0.2, 0.25) is 0 Å². The first-order valence-electron chi connectivity index (χ1n) is 10.1. The molecule has 0 radical (unpaired) electrons. The number of halogens is 1. The fourth-order valence-corrected chi connectivity index (χ4v) is 3.30. The number of nitrogens with zero attached hydrogens (tertiary/aromatic N) is 1. The summed E-state index contributed by atoms with van der Waals surface area (Å²) in [5.74, 6) is 5.82. The average Bonchev–Trinajstić information content (AvgIpc) is 2.73. The van der Waals surface area contributed by atoms with Crippen molar-refractivity contribution in [2.45, 2.75) is 38.5 Å². The van der Waals surface area contributed by atoms with Crippen LogP contribution in [-0.2, 0) is 12.1 Å². The van der Waals surface area contributed by atoms with Gasteiger partial charge in [-0.3, -0.25) is 4.90 Å². The van der Waals surface area contributed by atoms with Crippen LogP contribution in [0.25, 0.3) is 0 Å². The van der Waals surface area contributed by atoms with Crippen LogP contribution in [0.1, 0.15) is 37.5 Å². The van der Waals surface area contributed by atoms with Gasteiger partial charge in [-0.1, -0.05) is 84.6 Å². The summed E-state index contributed by atoms with van der Waals surface area (Å²) < 4.78 is 13.9. The van der Waals surface area contributed by atoms with Crippen LogP contribution in [0.15, 0.2) is 84.9 Å². The van der Waals surface area contributed by atoms with Gasteiger partial charge in [0, 0.05) is 23.2 Å². The molecule has 0 saturated heterocycles. The van der Waals surface area contributed by atoms with Gasteiger partial charge in [0.15, 0.2) is 5.60 Å². The summed E-state index contributed by atoms with van der Waals surface area (Å²) >= 11 is 0. The predicted octanol–water partition coefficient (Wildman–Crippen LogP) is 5.37. The van der Waals surface area contributed by atoms with E-state index < -0.39 is 11.4 Å². The van der Waals surface area contributed by atoms with E-state index in [2.05, 4.69) is 49.6 Å². The highest BCUT2D eigenvalue weighted by Gasteiger charge is 2.30. The number of hydrogen-bond acceptors (Lipinski definition) is 2. The van der Waals surface area contributed by atoms with Gasteiger partial charge < -0.3 is 5.11 Å². The van der Waals surface area contributed by atoms with Crippen molar-refractivity contribution in [1.29, 1.82) is 0 Å². The molecular weight excluding hydrogens is 373 g/mol. The molecule has 0 aliphatic rings. The Balaban J connectivity index is 1.93. The Kier molecular flexibility index (Phi) is 6.72. The number of rotatable bonds is 5. The molecule has 1 atom stereocenters. The van der Waals surface area contributed by atoms with E-state index in [-0.39, 0.29) is 5.54 Å². The van der Waals surface area contributed by atoms with Crippen LogP contribution in [0.5, 0.6) is 0 Å². The van der Waals surface area contributed by atoms with Crippen molar-refractivity contribution < 1.29 is 9.50 Å². The largest absolute Gasteiger partial charge is 0.369 e. The molecule has 2 nitrogen and oxygen atoms in total. The molecule has 0 unspecified atom stereocenters. The zero-order chi connectivity index (χ0) is 21.6. The molecule has 154 valence electrons. The van der Waals surface area contributed by atoms with E-state index in [1.807, 2.05) is 48.5 Å². The molecule has 0 fully saturated rings. The first kappa shape index (κ1) is 21.8. The summed E-state index contributed by atoms with van der Waals surface area (Å²) in [6, 6.07) is 25.4. The van der Waals surface area contributed by atoms with Crippen LogP contribution in [-0.4, -0.2) is 22.1 Å². The third-order valence-corrected chi connectivity index (χ3v) is 5.14. The Bertz CT molecular complexity index is 1020. The van der Waals surface area contributed by atoms with Crippen LogP contribution in [0.3, 0.4) is 0 Å². The molecule has 0 heterocycles. The average molecular weight is 402 g/mol.